The van der Waals surface area contributed by atoms with Crippen LogP contribution in [0.25, 0.3) is 6.08 Å². The van der Waals surface area contributed by atoms with E-state index in [-0.39, 0.29) is 5.57 Å². The van der Waals surface area contributed by atoms with Gasteiger partial charge in [0.25, 0.3) is 5.91 Å². The van der Waals surface area contributed by atoms with E-state index in [1.807, 2.05) is 18.2 Å². The number of anilines is 1. The third-order valence-corrected chi connectivity index (χ3v) is 4.25. The van der Waals surface area contributed by atoms with Gasteiger partial charge in [0.05, 0.1) is 19.2 Å². The molecule has 1 N–H and O–H groups in total. The Morgan fingerprint density at radius 1 is 1.24 bits per heavy atom. The van der Waals surface area contributed by atoms with E-state index in [1.54, 1.807) is 24.3 Å². The first-order chi connectivity index (χ1) is 12.0. The van der Waals surface area contributed by atoms with Gasteiger partial charge in [-0.05, 0) is 58.5 Å². The molecule has 128 valence electrons. The topological polar surface area (TPSA) is 71.3 Å². The Labute approximate surface area is 164 Å². The minimum atomic E-state index is -0.518. The van der Waals surface area contributed by atoms with E-state index in [9.17, 15) is 10.1 Å². The highest BCUT2D eigenvalue weighted by Crippen LogP contribution is 2.34. The lowest BCUT2D eigenvalue weighted by atomic mass is 10.1. The Balaban J connectivity index is 2.34. The van der Waals surface area contributed by atoms with Crippen molar-refractivity contribution in [3.8, 4) is 17.6 Å². The Morgan fingerprint density at radius 2 is 1.92 bits per heavy atom. The lowest BCUT2D eigenvalue weighted by Crippen LogP contribution is -2.13. The van der Waals surface area contributed by atoms with Gasteiger partial charge in [-0.25, -0.2) is 0 Å². The highest BCUT2D eigenvalue weighted by molar-refractivity contribution is 14.1. The summed E-state index contributed by atoms with van der Waals surface area (Å²) in [6.45, 7) is 0. The highest BCUT2D eigenvalue weighted by Gasteiger charge is 2.13. The summed E-state index contributed by atoms with van der Waals surface area (Å²) < 4.78 is 11.4. The number of nitrogens with zero attached hydrogens (tertiary/aromatic N) is 1. The molecule has 0 fully saturated rings. The second kappa shape index (κ2) is 8.74. The number of nitriles is 1. The van der Waals surface area contributed by atoms with Gasteiger partial charge >= 0.3 is 0 Å². The molecule has 5 nitrogen and oxygen atoms in total. The molecule has 25 heavy (non-hydrogen) atoms. The summed E-state index contributed by atoms with van der Waals surface area (Å²) in [4.78, 5) is 12.3. The molecule has 0 bridgehead atoms. The number of hydrogen-bond donors (Lipinski definition) is 1. The number of hydrogen-bond acceptors (Lipinski definition) is 4. The number of amides is 1. The SMILES string of the molecule is COc1cc(Cl)c(/C=C(\C#N)C(=O)Nc2cccc(I)c2)cc1OC. The molecule has 0 spiro atoms. The van der Waals surface area contributed by atoms with E-state index in [0.717, 1.165) is 3.57 Å². The minimum absolute atomic E-state index is 0.0759. The maximum Gasteiger partial charge on any atom is 0.266 e. The molecule has 7 heteroatoms. The zero-order valence-corrected chi connectivity index (χ0v) is 16.4. The fourth-order valence-electron chi connectivity index (χ4n) is 2.05. The van der Waals surface area contributed by atoms with Gasteiger partial charge in [0, 0.05) is 15.3 Å². The molecule has 2 aromatic rings. The summed E-state index contributed by atoms with van der Waals surface area (Å²) in [6, 6.07) is 12.3. The van der Waals surface area contributed by atoms with Crippen LogP contribution in [0.4, 0.5) is 5.69 Å². The number of nitrogens with one attached hydrogen (secondary N) is 1. The zero-order chi connectivity index (χ0) is 18.4. The lowest BCUT2D eigenvalue weighted by molar-refractivity contribution is -0.112. The van der Waals surface area contributed by atoms with Gasteiger partial charge in [0.1, 0.15) is 11.6 Å². The summed E-state index contributed by atoms with van der Waals surface area (Å²) >= 11 is 8.34. The van der Waals surface area contributed by atoms with Crippen LogP contribution in [0.3, 0.4) is 0 Å². The Kier molecular flexibility index (Phi) is 6.67. The molecule has 0 aliphatic carbocycles. The van der Waals surface area contributed by atoms with Crippen LogP contribution in [0.5, 0.6) is 11.5 Å². The summed E-state index contributed by atoms with van der Waals surface area (Å²) in [5.41, 5.74) is 1.01. The molecule has 0 aliphatic rings. The molecule has 0 atom stereocenters. The van der Waals surface area contributed by atoms with Gasteiger partial charge in [-0.2, -0.15) is 5.26 Å². The van der Waals surface area contributed by atoms with Crippen molar-refractivity contribution in [3.63, 3.8) is 0 Å². The first-order valence-corrected chi connectivity index (χ1v) is 8.54. The second-order valence-corrected chi connectivity index (χ2v) is 6.52. The Hall–Kier alpha value is -2.24. The molecule has 0 heterocycles. The van der Waals surface area contributed by atoms with Crippen molar-refractivity contribution in [1.29, 1.82) is 5.26 Å². The van der Waals surface area contributed by atoms with Crippen LogP contribution in [0.15, 0.2) is 42.0 Å². The normalized spacial score (nSPS) is 10.8. The van der Waals surface area contributed by atoms with E-state index in [1.165, 1.54) is 20.3 Å². The van der Waals surface area contributed by atoms with Crippen molar-refractivity contribution in [1.82, 2.24) is 0 Å². The van der Waals surface area contributed by atoms with Crippen molar-refractivity contribution in [2.45, 2.75) is 0 Å². The number of ether oxygens (including phenoxy) is 2. The maximum absolute atomic E-state index is 12.3. The first-order valence-electron chi connectivity index (χ1n) is 7.08. The van der Waals surface area contributed by atoms with Gasteiger partial charge in [0.15, 0.2) is 11.5 Å². The van der Waals surface area contributed by atoms with Crippen LogP contribution in [0.1, 0.15) is 5.56 Å². The summed E-state index contributed by atoms with van der Waals surface area (Å²) in [5, 5.41) is 12.4. The molecule has 2 aromatic carbocycles. The average Bonchev–Trinajstić information content (AvgIpc) is 2.60. The fraction of sp³-hybridized carbons (Fsp3) is 0.111. The number of halogens is 2. The predicted octanol–water partition coefficient (Wildman–Crippen LogP) is 4.51. The molecular formula is C18H14ClIN2O3. The smallest absolute Gasteiger partial charge is 0.266 e. The highest BCUT2D eigenvalue weighted by atomic mass is 127. The largest absolute Gasteiger partial charge is 0.493 e. The summed E-state index contributed by atoms with van der Waals surface area (Å²) in [5.74, 6) is 0.398. The molecule has 2 rings (SSSR count). The van der Waals surface area contributed by atoms with Gasteiger partial charge in [-0.3, -0.25) is 4.79 Å². The molecule has 0 saturated heterocycles. The molecule has 0 unspecified atom stereocenters. The standard InChI is InChI=1S/C18H14ClIN2O3/c1-24-16-7-11(15(19)9-17(16)25-2)6-12(10-21)18(23)22-14-5-3-4-13(20)8-14/h3-9H,1-2H3,(H,22,23)/b12-6+. The third-order valence-electron chi connectivity index (χ3n) is 3.25. The van der Waals surface area contributed by atoms with Crippen molar-refractivity contribution in [2.75, 3.05) is 19.5 Å². The number of benzene rings is 2. The molecule has 0 saturated carbocycles. The van der Waals surface area contributed by atoms with Crippen LogP contribution in [0, 0.1) is 14.9 Å². The number of rotatable bonds is 5. The van der Waals surface area contributed by atoms with Crippen molar-refractivity contribution in [2.24, 2.45) is 0 Å². The van der Waals surface area contributed by atoms with E-state index < -0.39 is 5.91 Å². The first kappa shape index (κ1) is 19.1. The van der Waals surface area contributed by atoms with Crippen LogP contribution in [0.2, 0.25) is 5.02 Å². The zero-order valence-electron chi connectivity index (χ0n) is 13.5. The monoisotopic (exact) mass is 468 g/mol. The number of carbonyl (C=O) groups excluding carboxylic acids is 1. The van der Waals surface area contributed by atoms with E-state index >= 15 is 0 Å². The Morgan fingerprint density at radius 3 is 2.52 bits per heavy atom. The summed E-state index contributed by atoms with van der Waals surface area (Å²) in [6.07, 6.45) is 1.41. The van der Waals surface area contributed by atoms with Gasteiger partial charge in [0.2, 0.25) is 0 Å². The van der Waals surface area contributed by atoms with Crippen molar-refractivity contribution >= 4 is 51.9 Å². The number of carbonyl (C=O) groups is 1. The van der Waals surface area contributed by atoms with Gasteiger partial charge < -0.3 is 14.8 Å². The molecule has 0 aromatic heterocycles. The van der Waals surface area contributed by atoms with Crippen LogP contribution in [-0.2, 0) is 4.79 Å². The molecule has 0 aliphatic heterocycles. The molecular weight excluding hydrogens is 455 g/mol. The molecule has 0 radical (unpaired) electrons. The Bertz CT molecular complexity index is 875. The maximum atomic E-state index is 12.3. The minimum Gasteiger partial charge on any atom is -0.493 e. The summed E-state index contributed by atoms with van der Waals surface area (Å²) in [7, 11) is 2.99. The predicted molar refractivity (Wildman–Crippen MR) is 106 cm³/mol. The van der Waals surface area contributed by atoms with Gasteiger partial charge in [-0.15, -0.1) is 0 Å². The fourth-order valence-corrected chi connectivity index (χ4v) is 2.80. The number of methoxy groups -OCH3 is 2. The van der Waals surface area contributed by atoms with E-state index in [0.29, 0.717) is 27.8 Å². The quantitative estimate of drug-likeness (QED) is 0.398. The average molecular weight is 469 g/mol. The lowest BCUT2D eigenvalue weighted by Gasteiger charge is -2.10. The second-order valence-electron chi connectivity index (χ2n) is 4.86. The van der Waals surface area contributed by atoms with E-state index in [4.69, 9.17) is 21.1 Å². The molecule has 1 amide bonds. The van der Waals surface area contributed by atoms with Crippen molar-refractivity contribution < 1.29 is 14.3 Å². The van der Waals surface area contributed by atoms with E-state index in [2.05, 4.69) is 27.9 Å². The van der Waals surface area contributed by atoms with Crippen LogP contribution >= 0.6 is 34.2 Å². The van der Waals surface area contributed by atoms with Crippen LogP contribution in [-0.4, -0.2) is 20.1 Å². The van der Waals surface area contributed by atoms with Gasteiger partial charge in [-0.1, -0.05) is 17.7 Å². The third kappa shape index (κ3) is 4.87. The van der Waals surface area contributed by atoms with Crippen LogP contribution < -0.4 is 14.8 Å². The van der Waals surface area contributed by atoms with Crippen molar-refractivity contribution in [3.05, 3.63) is 56.1 Å².